The lowest BCUT2D eigenvalue weighted by atomic mass is 10.1. The Morgan fingerprint density at radius 2 is 1.70 bits per heavy atom. The summed E-state index contributed by atoms with van der Waals surface area (Å²) in [6, 6.07) is 5.11. The number of unbranched alkanes of at least 4 members (excludes halogenated alkanes) is 4. The Morgan fingerprint density at radius 3 is 2.36 bits per heavy atom. The number of nitrogens with zero attached hydrogens (tertiary/aromatic N) is 4. The van der Waals surface area contributed by atoms with Crippen molar-refractivity contribution >= 4 is 11.7 Å². The van der Waals surface area contributed by atoms with Gasteiger partial charge in [-0.25, -0.2) is 9.97 Å². The van der Waals surface area contributed by atoms with Gasteiger partial charge in [-0.3, -0.25) is 4.79 Å². The molecule has 180 valence electrons. The largest absolute Gasteiger partial charge is 0.416 e. The molecule has 5 nitrogen and oxygen atoms in total. The lowest BCUT2D eigenvalue weighted by molar-refractivity contribution is -0.137. The highest BCUT2D eigenvalue weighted by atomic mass is 19.4. The van der Waals surface area contributed by atoms with Gasteiger partial charge in [0.1, 0.15) is 5.82 Å². The Morgan fingerprint density at radius 1 is 1.00 bits per heavy atom. The average Bonchev–Trinajstić information content (AvgIpc) is 2.80. The van der Waals surface area contributed by atoms with E-state index in [-0.39, 0.29) is 11.7 Å². The van der Waals surface area contributed by atoms with E-state index in [0.717, 1.165) is 42.0 Å². The predicted molar refractivity (Wildman–Crippen MR) is 124 cm³/mol. The number of aryl methyl sites for hydroxylation is 1. The van der Waals surface area contributed by atoms with E-state index in [1.165, 1.54) is 25.3 Å². The summed E-state index contributed by atoms with van der Waals surface area (Å²) in [6.07, 6.45) is 1.78. The zero-order chi connectivity index (χ0) is 24.0. The maximum atomic E-state index is 13.2. The van der Waals surface area contributed by atoms with Crippen molar-refractivity contribution in [2.24, 2.45) is 0 Å². The zero-order valence-corrected chi connectivity index (χ0v) is 19.7. The highest BCUT2D eigenvalue weighted by Crippen LogP contribution is 2.32. The minimum atomic E-state index is -4.42. The van der Waals surface area contributed by atoms with Gasteiger partial charge in [-0.15, -0.1) is 0 Å². The molecule has 1 fully saturated rings. The molecular formula is C25H33F3N4O. The molecule has 0 radical (unpaired) electrons. The van der Waals surface area contributed by atoms with Crippen LogP contribution in [0.5, 0.6) is 0 Å². The first-order chi connectivity index (χ1) is 15.7. The van der Waals surface area contributed by atoms with Gasteiger partial charge in [0.05, 0.1) is 5.56 Å². The summed E-state index contributed by atoms with van der Waals surface area (Å²) in [4.78, 5) is 25.6. The lowest BCUT2D eigenvalue weighted by Gasteiger charge is -2.36. The first-order valence-electron chi connectivity index (χ1n) is 11.8. The molecule has 0 saturated carbocycles. The smallest absolute Gasteiger partial charge is 0.353 e. The zero-order valence-electron chi connectivity index (χ0n) is 19.7. The average molecular weight is 463 g/mol. The van der Waals surface area contributed by atoms with Gasteiger partial charge >= 0.3 is 6.18 Å². The van der Waals surface area contributed by atoms with Crippen molar-refractivity contribution in [2.45, 2.75) is 65.5 Å². The van der Waals surface area contributed by atoms with E-state index < -0.39 is 11.7 Å². The summed E-state index contributed by atoms with van der Waals surface area (Å²) in [7, 11) is 0. The third kappa shape index (κ3) is 6.45. The van der Waals surface area contributed by atoms with Crippen LogP contribution in [0.4, 0.5) is 19.0 Å². The fourth-order valence-corrected chi connectivity index (χ4v) is 4.09. The Kier molecular flexibility index (Phi) is 8.32. The monoisotopic (exact) mass is 462 g/mol. The van der Waals surface area contributed by atoms with E-state index in [2.05, 4.69) is 21.8 Å². The van der Waals surface area contributed by atoms with E-state index in [0.29, 0.717) is 38.2 Å². The van der Waals surface area contributed by atoms with Crippen molar-refractivity contribution in [2.75, 3.05) is 31.1 Å². The Labute approximate surface area is 194 Å². The summed E-state index contributed by atoms with van der Waals surface area (Å²) >= 11 is 0. The van der Waals surface area contributed by atoms with Crippen molar-refractivity contribution in [3.8, 4) is 11.4 Å². The molecule has 0 atom stereocenters. The molecule has 1 saturated heterocycles. The van der Waals surface area contributed by atoms with Gasteiger partial charge in [-0.2, -0.15) is 13.2 Å². The normalized spacial score (nSPS) is 14.6. The number of piperazine rings is 1. The number of hydrogen-bond acceptors (Lipinski definition) is 4. The van der Waals surface area contributed by atoms with E-state index in [9.17, 15) is 18.0 Å². The molecule has 0 N–H and O–H groups in total. The quantitative estimate of drug-likeness (QED) is 0.466. The number of halogens is 3. The Balaban J connectivity index is 1.69. The van der Waals surface area contributed by atoms with Crippen LogP contribution in [0.1, 0.15) is 62.3 Å². The molecule has 33 heavy (non-hydrogen) atoms. The van der Waals surface area contributed by atoms with Gasteiger partial charge in [0.25, 0.3) is 0 Å². The molecular weight excluding hydrogens is 429 g/mol. The maximum Gasteiger partial charge on any atom is 0.416 e. The number of carbonyl (C=O) groups excluding carboxylic acids is 1. The van der Waals surface area contributed by atoms with E-state index in [4.69, 9.17) is 0 Å². The molecule has 0 aliphatic carbocycles. The summed E-state index contributed by atoms with van der Waals surface area (Å²) in [5.41, 5.74) is 1.26. The molecule has 1 aromatic carbocycles. The van der Waals surface area contributed by atoms with Crippen molar-refractivity contribution in [3.05, 3.63) is 41.1 Å². The van der Waals surface area contributed by atoms with Crippen molar-refractivity contribution in [1.29, 1.82) is 0 Å². The van der Waals surface area contributed by atoms with Crippen molar-refractivity contribution in [3.63, 3.8) is 0 Å². The number of aromatic nitrogens is 2. The summed E-state index contributed by atoms with van der Waals surface area (Å²) in [6.45, 7) is 8.46. The minimum Gasteiger partial charge on any atom is -0.353 e. The van der Waals surface area contributed by atoms with Gasteiger partial charge in [0.2, 0.25) is 5.91 Å². The van der Waals surface area contributed by atoms with Crippen LogP contribution in [0.25, 0.3) is 11.4 Å². The number of benzene rings is 1. The minimum absolute atomic E-state index is 0.200. The molecule has 3 rings (SSSR count). The third-order valence-electron chi connectivity index (χ3n) is 6.24. The van der Waals surface area contributed by atoms with Gasteiger partial charge in [-0.05, 0) is 32.4 Å². The SMILES string of the molecule is CCCCCCCC(=O)N1CCN(c2nc(-c3cccc(C(F)(F)F)c3)nc(C)c2C)CC1. The third-order valence-corrected chi connectivity index (χ3v) is 6.24. The van der Waals surface area contributed by atoms with Crippen LogP contribution in [-0.4, -0.2) is 47.0 Å². The molecule has 0 spiro atoms. The fourth-order valence-electron chi connectivity index (χ4n) is 4.09. The second-order valence-electron chi connectivity index (χ2n) is 8.69. The number of hydrogen-bond donors (Lipinski definition) is 0. The molecule has 1 amide bonds. The second kappa shape index (κ2) is 11.0. The first kappa shape index (κ1) is 25.0. The highest BCUT2D eigenvalue weighted by molar-refractivity contribution is 5.76. The number of carbonyl (C=O) groups is 1. The number of anilines is 1. The molecule has 0 bridgehead atoms. The van der Waals surface area contributed by atoms with Crippen molar-refractivity contribution in [1.82, 2.24) is 14.9 Å². The maximum absolute atomic E-state index is 13.2. The molecule has 2 aromatic rings. The summed E-state index contributed by atoms with van der Waals surface area (Å²) in [5.74, 6) is 1.21. The van der Waals surface area contributed by atoms with Crippen molar-refractivity contribution < 1.29 is 18.0 Å². The topological polar surface area (TPSA) is 49.3 Å². The fraction of sp³-hybridized carbons (Fsp3) is 0.560. The van der Waals surface area contributed by atoms with E-state index in [1.807, 2.05) is 18.7 Å². The van der Waals surface area contributed by atoms with Crippen LogP contribution in [-0.2, 0) is 11.0 Å². The van der Waals surface area contributed by atoms with Crippen LogP contribution in [0.15, 0.2) is 24.3 Å². The van der Waals surface area contributed by atoms with Crippen LogP contribution < -0.4 is 4.90 Å². The summed E-state index contributed by atoms with van der Waals surface area (Å²) in [5, 5.41) is 0. The Bertz CT molecular complexity index is 953. The molecule has 1 aromatic heterocycles. The van der Waals surface area contributed by atoms with Crippen LogP contribution in [0.2, 0.25) is 0 Å². The highest BCUT2D eigenvalue weighted by Gasteiger charge is 2.31. The van der Waals surface area contributed by atoms with E-state index in [1.54, 1.807) is 6.07 Å². The van der Waals surface area contributed by atoms with E-state index >= 15 is 0 Å². The first-order valence-corrected chi connectivity index (χ1v) is 11.8. The van der Waals surface area contributed by atoms with Crippen LogP contribution in [0.3, 0.4) is 0 Å². The van der Waals surface area contributed by atoms with Gasteiger partial charge in [0, 0.05) is 49.4 Å². The Hall–Kier alpha value is -2.64. The lowest BCUT2D eigenvalue weighted by Crippen LogP contribution is -2.49. The molecule has 8 heteroatoms. The number of rotatable bonds is 8. The molecule has 1 aliphatic heterocycles. The molecule has 1 aliphatic rings. The summed E-state index contributed by atoms with van der Waals surface area (Å²) < 4.78 is 39.5. The molecule has 2 heterocycles. The second-order valence-corrected chi connectivity index (χ2v) is 8.69. The molecule has 0 unspecified atom stereocenters. The van der Waals surface area contributed by atoms with Gasteiger partial charge < -0.3 is 9.80 Å². The van der Waals surface area contributed by atoms with Crippen LogP contribution >= 0.6 is 0 Å². The van der Waals surface area contributed by atoms with Gasteiger partial charge in [-0.1, -0.05) is 44.7 Å². The van der Waals surface area contributed by atoms with Gasteiger partial charge in [0.15, 0.2) is 5.82 Å². The number of alkyl halides is 3. The standard InChI is InChI=1S/C25H33F3N4O/c1-4-5-6-7-8-12-22(33)31-13-15-32(16-14-31)24-18(2)19(3)29-23(30-24)20-10-9-11-21(17-20)25(26,27)28/h9-11,17H,4-8,12-16H2,1-3H3. The predicted octanol–water partition coefficient (Wildman–Crippen LogP) is 5.79. The van der Waals surface area contributed by atoms with Crippen LogP contribution in [0, 0.1) is 13.8 Å². The number of amides is 1.